The summed E-state index contributed by atoms with van der Waals surface area (Å²) in [4.78, 5) is 17.6. The number of halogens is 2. The lowest BCUT2D eigenvalue weighted by Gasteiger charge is -2.37. The number of aliphatic hydroxyl groups excluding tert-OH is 1. The van der Waals surface area contributed by atoms with E-state index in [0.29, 0.717) is 5.69 Å². The topological polar surface area (TPSA) is 76.0 Å². The van der Waals surface area contributed by atoms with Crippen LogP contribution in [0.4, 0.5) is 8.78 Å². The highest BCUT2D eigenvalue weighted by molar-refractivity contribution is 5.94. The third-order valence-corrected chi connectivity index (χ3v) is 7.92. The van der Waals surface area contributed by atoms with Crippen LogP contribution in [0.15, 0.2) is 42.5 Å². The summed E-state index contributed by atoms with van der Waals surface area (Å²) in [6, 6.07) is 11.0. The van der Waals surface area contributed by atoms with Crippen LogP contribution in [0.5, 0.6) is 0 Å². The molecule has 1 fully saturated rings. The maximum Gasteiger partial charge on any atom is 0.181 e. The van der Waals surface area contributed by atoms with Crippen molar-refractivity contribution in [1.29, 1.82) is 0 Å². The molecule has 0 amide bonds. The number of aromatic nitrogens is 3. The number of aliphatic hydroxyl groups is 1. The molecule has 1 saturated carbocycles. The fourth-order valence-corrected chi connectivity index (χ4v) is 6.07. The van der Waals surface area contributed by atoms with Gasteiger partial charge in [0.1, 0.15) is 17.3 Å². The Kier molecular flexibility index (Phi) is 5.35. The summed E-state index contributed by atoms with van der Waals surface area (Å²) in [6.45, 7) is 6.10. The van der Waals surface area contributed by atoms with E-state index < -0.39 is 17.0 Å². The van der Waals surface area contributed by atoms with Gasteiger partial charge in [0.05, 0.1) is 28.1 Å². The van der Waals surface area contributed by atoms with Crippen molar-refractivity contribution in [2.75, 3.05) is 6.61 Å². The summed E-state index contributed by atoms with van der Waals surface area (Å²) >= 11 is 0. The van der Waals surface area contributed by atoms with Crippen LogP contribution in [-0.2, 0) is 5.41 Å². The van der Waals surface area contributed by atoms with E-state index in [0.717, 1.165) is 29.8 Å². The molecule has 0 unspecified atom stereocenters. The van der Waals surface area contributed by atoms with Gasteiger partial charge in [-0.25, -0.2) is 13.8 Å². The zero-order valence-electron chi connectivity index (χ0n) is 19.5. The maximum atomic E-state index is 14.4. The molecule has 2 aromatic heterocycles. The highest BCUT2D eigenvalue weighted by atomic mass is 19.1. The molecule has 0 radical (unpaired) electrons. The van der Waals surface area contributed by atoms with Crippen molar-refractivity contribution in [3.05, 3.63) is 76.7 Å². The van der Waals surface area contributed by atoms with Gasteiger partial charge in [-0.15, -0.1) is 5.10 Å². The van der Waals surface area contributed by atoms with E-state index >= 15 is 0 Å². The van der Waals surface area contributed by atoms with Gasteiger partial charge < -0.3 is 5.11 Å². The number of hydrogen-bond acceptors (Lipinski definition) is 5. The van der Waals surface area contributed by atoms with Crippen LogP contribution in [-0.4, -0.2) is 32.7 Å². The summed E-state index contributed by atoms with van der Waals surface area (Å²) in [6.07, 6.45) is 1.91. The average molecular weight is 464 g/mol. The molecule has 2 bridgehead atoms. The van der Waals surface area contributed by atoms with Crippen molar-refractivity contribution >= 4 is 5.78 Å². The molecule has 7 heteroatoms. The maximum absolute atomic E-state index is 14.4. The minimum atomic E-state index is -0.670. The Morgan fingerprint density at radius 1 is 1.15 bits per heavy atom. The van der Waals surface area contributed by atoms with E-state index in [1.165, 1.54) is 18.2 Å². The smallest absolute Gasteiger partial charge is 0.181 e. The second kappa shape index (κ2) is 8.01. The Hall–Kier alpha value is -3.06. The van der Waals surface area contributed by atoms with Crippen LogP contribution in [0.3, 0.4) is 0 Å². The lowest BCUT2D eigenvalue weighted by atomic mass is 9.66. The van der Waals surface area contributed by atoms with Crippen LogP contribution >= 0.6 is 0 Å². The molecule has 1 aromatic carbocycles. The number of carbonyl (C=O) groups excluding carboxylic acids is 1. The van der Waals surface area contributed by atoms with Gasteiger partial charge in [0.25, 0.3) is 0 Å². The van der Waals surface area contributed by atoms with Gasteiger partial charge in [-0.3, -0.25) is 4.79 Å². The van der Waals surface area contributed by atoms with E-state index in [1.54, 1.807) is 12.1 Å². The molecule has 1 N–H and O–H groups in total. The van der Waals surface area contributed by atoms with E-state index in [4.69, 9.17) is 4.98 Å². The molecule has 2 aliphatic rings. The van der Waals surface area contributed by atoms with Gasteiger partial charge in [-0.05, 0) is 66.0 Å². The number of benzene rings is 1. The van der Waals surface area contributed by atoms with Crippen molar-refractivity contribution in [3.8, 4) is 11.3 Å². The first-order valence-corrected chi connectivity index (χ1v) is 11.6. The lowest BCUT2D eigenvalue weighted by Crippen LogP contribution is -2.38. The Bertz CT molecular complexity index is 1270. The summed E-state index contributed by atoms with van der Waals surface area (Å²) in [5.41, 5.74) is 2.04. The SMILES string of the molecule is C[C@H](CO)CC(=O)c1cccc([C@@]23CC[C@@H](c4cc(-c5c(F)cccc5F)nnc42)C3(C)C)n1. The Morgan fingerprint density at radius 2 is 1.85 bits per heavy atom. The Balaban J connectivity index is 1.62. The number of nitrogens with zero attached hydrogens (tertiary/aromatic N) is 3. The molecule has 34 heavy (non-hydrogen) atoms. The zero-order chi connectivity index (χ0) is 24.3. The number of pyridine rings is 1. The highest BCUT2D eigenvalue weighted by Gasteiger charge is 2.65. The van der Waals surface area contributed by atoms with Crippen molar-refractivity contribution < 1.29 is 18.7 Å². The first-order chi connectivity index (χ1) is 16.2. The molecule has 0 spiro atoms. The van der Waals surface area contributed by atoms with Gasteiger partial charge in [-0.1, -0.05) is 32.9 Å². The Labute approximate surface area is 197 Å². The molecule has 0 aliphatic heterocycles. The minimum Gasteiger partial charge on any atom is -0.396 e. The van der Waals surface area contributed by atoms with Crippen molar-refractivity contribution in [3.63, 3.8) is 0 Å². The summed E-state index contributed by atoms with van der Waals surface area (Å²) in [5, 5.41) is 18.1. The van der Waals surface area contributed by atoms with Crippen molar-refractivity contribution in [2.45, 2.75) is 51.4 Å². The molecule has 176 valence electrons. The van der Waals surface area contributed by atoms with Crippen LogP contribution in [0, 0.1) is 23.0 Å². The second-order valence-electron chi connectivity index (χ2n) is 10.2. The number of ketones is 1. The zero-order valence-corrected chi connectivity index (χ0v) is 19.5. The number of hydrogen-bond donors (Lipinski definition) is 1. The van der Waals surface area contributed by atoms with Crippen LogP contribution in [0.2, 0.25) is 0 Å². The Morgan fingerprint density at radius 3 is 2.56 bits per heavy atom. The third kappa shape index (κ3) is 3.13. The first kappa shape index (κ1) is 22.7. The summed E-state index contributed by atoms with van der Waals surface area (Å²) in [7, 11) is 0. The second-order valence-corrected chi connectivity index (χ2v) is 10.2. The predicted molar refractivity (Wildman–Crippen MR) is 123 cm³/mol. The number of carbonyl (C=O) groups is 1. The van der Waals surface area contributed by atoms with E-state index in [-0.39, 0.29) is 47.3 Å². The normalized spacial score (nSPS) is 23.1. The van der Waals surface area contributed by atoms with Gasteiger partial charge in [0.15, 0.2) is 5.78 Å². The third-order valence-electron chi connectivity index (χ3n) is 7.92. The van der Waals surface area contributed by atoms with Crippen molar-refractivity contribution in [1.82, 2.24) is 15.2 Å². The van der Waals surface area contributed by atoms with Crippen LogP contribution < -0.4 is 0 Å². The fourth-order valence-electron chi connectivity index (χ4n) is 6.07. The molecule has 2 aliphatic carbocycles. The molecule has 5 rings (SSSR count). The van der Waals surface area contributed by atoms with Crippen LogP contribution in [0.25, 0.3) is 11.3 Å². The standard InChI is InChI=1S/C27H27F2N3O2/c1-15(14-33)12-22(34)20-8-5-9-23(30-20)27-11-10-17(26(27,2)3)16-13-21(31-32-25(16)27)24-18(28)6-4-7-19(24)29/h4-9,13,15,17,33H,10-12,14H2,1-3H3/t15-,17-,27-/m0/s1. The predicted octanol–water partition coefficient (Wildman–Crippen LogP) is 5.22. The molecule has 3 aromatic rings. The van der Waals surface area contributed by atoms with E-state index in [2.05, 4.69) is 24.0 Å². The van der Waals surface area contributed by atoms with E-state index in [1.807, 2.05) is 19.1 Å². The molecular formula is C27H27F2N3O2. The minimum absolute atomic E-state index is 0.0576. The van der Waals surface area contributed by atoms with Gasteiger partial charge in [-0.2, -0.15) is 5.10 Å². The largest absolute Gasteiger partial charge is 0.396 e. The highest BCUT2D eigenvalue weighted by Crippen LogP contribution is 2.69. The fraction of sp³-hybridized carbons (Fsp3) is 0.407. The molecular weight excluding hydrogens is 436 g/mol. The van der Waals surface area contributed by atoms with Gasteiger partial charge in [0, 0.05) is 13.0 Å². The van der Waals surface area contributed by atoms with Gasteiger partial charge >= 0.3 is 0 Å². The summed E-state index contributed by atoms with van der Waals surface area (Å²) < 4.78 is 28.9. The lowest BCUT2D eigenvalue weighted by molar-refractivity contribution is 0.0937. The monoisotopic (exact) mass is 463 g/mol. The molecule has 5 nitrogen and oxygen atoms in total. The average Bonchev–Trinajstić information content (AvgIpc) is 3.20. The molecule has 2 heterocycles. The van der Waals surface area contributed by atoms with Gasteiger partial charge in [0.2, 0.25) is 0 Å². The molecule has 3 atom stereocenters. The number of fused-ring (bicyclic) bond motifs is 5. The quantitative estimate of drug-likeness (QED) is 0.507. The van der Waals surface area contributed by atoms with Crippen LogP contribution in [0.1, 0.15) is 73.4 Å². The van der Waals surface area contributed by atoms with Crippen molar-refractivity contribution in [2.24, 2.45) is 11.3 Å². The molecule has 0 saturated heterocycles. The number of Topliss-reactive ketones (excluding diaryl/α,β-unsaturated/α-hetero) is 1. The summed E-state index contributed by atoms with van der Waals surface area (Å²) in [5.74, 6) is -1.46. The van der Waals surface area contributed by atoms with E-state index in [9.17, 15) is 18.7 Å². The first-order valence-electron chi connectivity index (χ1n) is 11.6. The number of rotatable bonds is 6.